The van der Waals surface area contributed by atoms with Gasteiger partial charge in [-0.05, 0) is 30.5 Å². The lowest BCUT2D eigenvalue weighted by Gasteiger charge is -2.22. The highest BCUT2D eigenvalue weighted by atomic mass is 35.5. The molecular weight excluding hydrogens is 242 g/mol. The SMILES string of the molecule is CN1C(=O)c2cccc(Cl)c2CCC1C(=O)O. The lowest BCUT2D eigenvalue weighted by molar-refractivity contribution is -0.142. The summed E-state index contributed by atoms with van der Waals surface area (Å²) in [7, 11) is 1.51. The van der Waals surface area contributed by atoms with Gasteiger partial charge in [-0.2, -0.15) is 0 Å². The highest BCUT2D eigenvalue weighted by Crippen LogP contribution is 2.27. The molecule has 4 nitrogen and oxygen atoms in total. The average Bonchev–Trinajstić information content (AvgIpc) is 2.40. The fourth-order valence-corrected chi connectivity index (χ4v) is 2.38. The number of carboxylic acids is 1. The quantitative estimate of drug-likeness (QED) is 0.830. The minimum atomic E-state index is -0.982. The summed E-state index contributed by atoms with van der Waals surface area (Å²) in [5.74, 6) is -1.27. The summed E-state index contributed by atoms with van der Waals surface area (Å²) in [5.41, 5.74) is 1.25. The summed E-state index contributed by atoms with van der Waals surface area (Å²) in [6.07, 6.45) is 0.885. The van der Waals surface area contributed by atoms with E-state index in [4.69, 9.17) is 16.7 Å². The molecule has 5 heteroatoms. The van der Waals surface area contributed by atoms with Gasteiger partial charge in [-0.15, -0.1) is 0 Å². The number of halogens is 1. The van der Waals surface area contributed by atoms with Gasteiger partial charge in [0.25, 0.3) is 5.91 Å². The molecule has 1 aromatic carbocycles. The highest BCUT2D eigenvalue weighted by molar-refractivity contribution is 6.32. The van der Waals surface area contributed by atoms with Gasteiger partial charge in [0.1, 0.15) is 6.04 Å². The van der Waals surface area contributed by atoms with Crippen LogP contribution in [0.3, 0.4) is 0 Å². The Morgan fingerprint density at radius 2 is 2.24 bits per heavy atom. The fourth-order valence-electron chi connectivity index (χ4n) is 2.11. The molecular formula is C12H12ClNO3. The highest BCUT2D eigenvalue weighted by Gasteiger charge is 2.32. The van der Waals surface area contributed by atoms with E-state index in [1.54, 1.807) is 18.2 Å². The normalized spacial score (nSPS) is 19.8. The Labute approximate surface area is 104 Å². The molecule has 1 heterocycles. The topological polar surface area (TPSA) is 57.6 Å². The van der Waals surface area contributed by atoms with Gasteiger partial charge in [0.15, 0.2) is 0 Å². The number of fused-ring (bicyclic) bond motifs is 1. The first-order chi connectivity index (χ1) is 8.02. The summed E-state index contributed by atoms with van der Waals surface area (Å²) < 4.78 is 0. The smallest absolute Gasteiger partial charge is 0.326 e. The summed E-state index contributed by atoms with van der Waals surface area (Å²) in [4.78, 5) is 24.4. The Hall–Kier alpha value is -1.55. The Bertz CT molecular complexity index is 487. The van der Waals surface area contributed by atoms with Gasteiger partial charge in [0.05, 0.1) is 0 Å². The van der Waals surface area contributed by atoms with Crippen LogP contribution < -0.4 is 0 Å². The van der Waals surface area contributed by atoms with Crippen molar-refractivity contribution in [3.8, 4) is 0 Å². The largest absolute Gasteiger partial charge is 0.480 e. The van der Waals surface area contributed by atoms with Crippen LogP contribution in [0.4, 0.5) is 0 Å². The van der Waals surface area contributed by atoms with Crippen LogP contribution in [0.1, 0.15) is 22.3 Å². The molecule has 0 spiro atoms. The Morgan fingerprint density at radius 3 is 2.88 bits per heavy atom. The van der Waals surface area contributed by atoms with E-state index in [2.05, 4.69) is 0 Å². The van der Waals surface area contributed by atoms with Crippen LogP contribution in [-0.2, 0) is 11.2 Å². The van der Waals surface area contributed by atoms with E-state index >= 15 is 0 Å². The number of carboxylic acid groups (broad SMARTS) is 1. The monoisotopic (exact) mass is 253 g/mol. The number of carbonyl (C=O) groups excluding carboxylic acids is 1. The number of nitrogens with zero attached hydrogens (tertiary/aromatic N) is 1. The van der Waals surface area contributed by atoms with Gasteiger partial charge < -0.3 is 10.0 Å². The molecule has 2 rings (SSSR count). The standard InChI is InChI=1S/C12H12ClNO3/c1-14-10(12(16)17)6-5-7-8(11(14)15)3-2-4-9(7)13/h2-4,10H,5-6H2,1H3,(H,16,17). The molecule has 0 saturated heterocycles. The van der Waals surface area contributed by atoms with Crippen molar-refractivity contribution in [2.45, 2.75) is 18.9 Å². The first kappa shape index (κ1) is 11.9. The minimum absolute atomic E-state index is 0.285. The average molecular weight is 254 g/mol. The second-order valence-electron chi connectivity index (χ2n) is 4.07. The maximum absolute atomic E-state index is 12.1. The van der Waals surface area contributed by atoms with E-state index in [9.17, 15) is 9.59 Å². The number of rotatable bonds is 1. The first-order valence-electron chi connectivity index (χ1n) is 5.29. The van der Waals surface area contributed by atoms with E-state index in [1.807, 2.05) is 0 Å². The van der Waals surface area contributed by atoms with Crippen molar-refractivity contribution in [1.29, 1.82) is 0 Å². The molecule has 1 aliphatic rings. The number of likely N-dealkylation sites (N-methyl/N-ethyl adjacent to an activating group) is 1. The van der Waals surface area contributed by atoms with Crippen molar-refractivity contribution < 1.29 is 14.7 Å². The molecule has 0 aromatic heterocycles. The van der Waals surface area contributed by atoms with Crippen LogP contribution in [0.5, 0.6) is 0 Å². The van der Waals surface area contributed by atoms with Crippen molar-refractivity contribution in [3.63, 3.8) is 0 Å². The molecule has 1 N–H and O–H groups in total. The Balaban J connectivity index is 2.48. The maximum Gasteiger partial charge on any atom is 0.326 e. The molecule has 1 unspecified atom stereocenters. The van der Waals surface area contributed by atoms with E-state index in [0.29, 0.717) is 23.4 Å². The molecule has 1 aromatic rings. The second kappa shape index (κ2) is 4.37. The molecule has 90 valence electrons. The Kier molecular flexibility index (Phi) is 3.07. The van der Waals surface area contributed by atoms with Crippen LogP contribution in [0.15, 0.2) is 18.2 Å². The number of hydrogen-bond donors (Lipinski definition) is 1. The number of aliphatic carboxylic acids is 1. The van der Waals surface area contributed by atoms with Crippen LogP contribution in [0, 0.1) is 0 Å². The Morgan fingerprint density at radius 1 is 1.53 bits per heavy atom. The predicted molar refractivity (Wildman–Crippen MR) is 63.3 cm³/mol. The van der Waals surface area contributed by atoms with E-state index in [-0.39, 0.29) is 5.91 Å². The van der Waals surface area contributed by atoms with Crippen LogP contribution in [-0.4, -0.2) is 35.0 Å². The van der Waals surface area contributed by atoms with E-state index in [0.717, 1.165) is 5.56 Å². The molecule has 0 fully saturated rings. The van der Waals surface area contributed by atoms with Crippen molar-refractivity contribution >= 4 is 23.5 Å². The van der Waals surface area contributed by atoms with Gasteiger partial charge in [-0.3, -0.25) is 4.79 Å². The van der Waals surface area contributed by atoms with Gasteiger partial charge in [0.2, 0.25) is 0 Å². The fraction of sp³-hybridized carbons (Fsp3) is 0.333. The van der Waals surface area contributed by atoms with Gasteiger partial charge in [-0.25, -0.2) is 4.79 Å². The number of hydrogen-bond acceptors (Lipinski definition) is 2. The second-order valence-corrected chi connectivity index (χ2v) is 4.48. The molecule has 1 amide bonds. The molecule has 1 atom stereocenters. The molecule has 0 radical (unpaired) electrons. The molecule has 0 aliphatic carbocycles. The third-order valence-corrected chi connectivity index (χ3v) is 3.44. The third kappa shape index (κ3) is 2.00. The van der Waals surface area contributed by atoms with E-state index in [1.165, 1.54) is 11.9 Å². The third-order valence-electron chi connectivity index (χ3n) is 3.09. The summed E-state index contributed by atoms with van der Waals surface area (Å²) in [5, 5.41) is 9.60. The maximum atomic E-state index is 12.1. The molecule has 0 saturated carbocycles. The minimum Gasteiger partial charge on any atom is -0.480 e. The lowest BCUT2D eigenvalue weighted by Crippen LogP contribution is -2.41. The van der Waals surface area contributed by atoms with Crippen molar-refractivity contribution in [3.05, 3.63) is 34.3 Å². The predicted octanol–water partition coefficient (Wildman–Crippen LogP) is 1.81. The van der Waals surface area contributed by atoms with Crippen molar-refractivity contribution in [2.24, 2.45) is 0 Å². The van der Waals surface area contributed by atoms with Crippen molar-refractivity contribution in [1.82, 2.24) is 4.90 Å². The first-order valence-corrected chi connectivity index (χ1v) is 5.67. The zero-order valence-corrected chi connectivity index (χ0v) is 10.1. The summed E-state index contributed by atoms with van der Waals surface area (Å²) in [6, 6.07) is 4.32. The number of amides is 1. The van der Waals surface area contributed by atoms with Gasteiger partial charge >= 0.3 is 5.97 Å². The van der Waals surface area contributed by atoms with Gasteiger partial charge in [-0.1, -0.05) is 17.7 Å². The van der Waals surface area contributed by atoms with E-state index < -0.39 is 12.0 Å². The zero-order valence-electron chi connectivity index (χ0n) is 9.31. The van der Waals surface area contributed by atoms with Crippen LogP contribution in [0.25, 0.3) is 0 Å². The lowest BCUT2D eigenvalue weighted by atomic mass is 10.0. The summed E-state index contributed by atoms with van der Waals surface area (Å²) in [6.45, 7) is 0. The van der Waals surface area contributed by atoms with Crippen LogP contribution >= 0.6 is 11.6 Å². The number of benzene rings is 1. The van der Waals surface area contributed by atoms with Crippen LogP contribution in [0.2, 0.25) is 5.02 Å². The van der Waals surface area contributed by atoms with Crippen molar-refractivity contribution in [2.75, 3.05) is 7.05 Å². The van der Waals surface area contributed by atoms with Gasteiger partial charge in [0, 0.05) is 17.6 Å². The molecule has 1 aliphatic heterocycles. The summed E-state index contributed by atoms with van der Waals surface area (Å²) >= 11 is 6.04. The molecule has 0 bridgehead atoms. The molecule has 17 heavy (non-hydrogen) atoms. The zero-order chi connectivity index (χ0) is 12.6. The number of carbonyl (C=O) groups is 2.